The summed E-state index contributed by atoms with van der Waals surface area (Å²) < 4.78 is 31.1. The number of benzene rings is 2. The highest BCUT2D eigenvalue weighted by Crippen LogP contribution is 2.26. The molecular formula is C15H12F2O2. The van der Waals surface area contributed by atoms with Gasteiger partial charge in [0.25, 0.3) is 0 Å². The van der Waals surface area contributed by atoms with Crippen LogP contribution >= 0.6 is 0 Å². The van der Waals surface area contributed by atoms with Gasteiger partial charge in [-0.25, -0.2) is 13.6 Å². The van der Waals surface area contributed by atoms with Crippen LogP contribution in [0.4, 0.5) is 8.78 Å². The van der Waals surface area contributed by atoms with Crippen molar-refractivity contribution < 1.29 is 18.3 Å². The zero-order chi connectivity index (χ0) is 14.0. The van der Waals surface area contributed by atoms with E-state index in [4.69, 9.17) is 0 Å². The Kier molecular flexibility index (Phi) is 3.60. The molecule has 2 nitrogen and oxygen atoms in total. The standard InChI is InChI=1S/C15H12F2O2/c1-9-7-11(16)4-5-12(9)10-3-6-14(17)13(8-10)15(18)19-2/h3-8H,1-2H3. The van der Waals surface area contributed by atoms with E-state index in [1.807, 2.05) is 0 Å². The minimum Gasteiger partial charge on any atom is -0.465 e. The van der Waals surface area contributed by atoms with Crippen LogP contribution in [0.1, 0.15) is 15.9 Å². The van der Waals surface area contributed by atoms with Gasteiger partial charge < -0.3 is 4.74 Å². The largest absolute Gasteiger partial charge is 0.465 e. The predicted octanol–water partition coefficient (Wildman–Crippen LogP) is 3.73. The monoisotopic (exact) mass is 262 g/mol. The van der Waals surface area contributed by atoms with Crippen LogP contribution < -0.4 is 0 Å². The fourth-order valence-electron chi connectivity index (χ4n) is 1.91. The highest BCUT2D eigenvalue weighted by molar-refractivity contribution is 5.91. The number of carbonyl (C=O) groups is 1. The number of hydrogen-bond acceptors (Lipinski definition) is 2. The first-order valence-electron chi connectivity index (χ1n) is 5.67. The van der Waals surface area contributed by atoms with Crippen molar-refractivity contribution in [1.29, 1.82) is 0 Å². The lowest BCUT2D eigenvalue weighted by Crippen LogP contribution is -2.04. The molecule has 0 atom stereocenters. The third-order valence-corrected chi connectivity index (χ3v) is 2.87. The van der Waals surface area contributed by atoms with E-state index in [9.17, 15) is 13.6 Å². The zero-order valence-electron chi connectivity index (χ0n) is 10.5. The van der Waals surface area contributed by atoms with Crippen LogP contribution in [0.15, 0.2) is 36.4 Å². The van der Waals surface area contributed by atoms with E-state index in [0.29, 0.717) is 11.1 Å². The molecule has 0 fully saturated rings. The van der Waals surface area contributed by atoms with Crippen molar-refractivity contribution in [2.75, 3.05) is 7.11 Å². The molecule has 0 aliphatic carbocycles. The third kappa shape index (κ3) is 2.62. The molecule has 2 aromatic carbocycles. The summed E-state index contributed by atoms with van der Waals surface area (Å²) in [4.78, 5) is 11.4. The molecule has 2 rings (SSSR count). The van der Waals surface area contributed by atoms with Gasteiger partial charge in [0, 0.05) is 0 Å². The lowest BCUT2D eigenvalue weighted by molar-refractivity contribution is 0.0595. The number of ether oxygens (including phenoxy) is 1. The molecule has 0 bridgehead atoms. The SMILES string of the molecule is COC(=O)c1cc(-c2ccc(F)cc2C)ccc1F. The minimum atomic E-state index is -0.737. The van der Waals surface area contributed by atoms with E-state index in [1.54, 1.807) is 19.1 Å². The lowest BCUT2D eigenvalue weighted by atomic mass is 9.98. The molecule has 19 heavy (non-hydrogen) atoms. The molecule has 0 aromatic heterocycles. The molecule has 0 saturated carbocycles. The van der Waals surface area contributed by atoms with Crippen molar-refractivity contribution in [2.45, 2.75) is 6.92 Å². The van der Waals surface area contributed by atoms with Crippen LogP contribution in [-0.2, 0) is 4.74 Å². The van der Waals surface area contributed by atoms with Gasteiger partial charge in [0.15, 0.2) is 0 Å². The van der Waals surface area contributed by atoms with Crippen LogP contribution in [0.5, 0.6) is 0 Å². The Labute approximate surface area is 109 Å². The quantitative estimate of drug-likeness (QED) is 0.771. The van der Waals surface area contributed by atoms with E-state index in [-0.39, 0.29) is 11.4 Å². The molecule has 2 aromatic rings. The van der Waals surface area contributed by atoms with Gasteiger partial charge in [0.1, 0.15) is 11.6 Å². The van der Waals surface area contributed by atoms with Crippen molar-refractivity contribution >= 4 is 5.97 Å². The maximum absolute atomic E-state index is 13.5. The molecule has 0 N–H and O–H groups in total. The van der Waals surface area contributed by atoms with Gasteiger partial charge in [-0.15, -0.1) is 0 Å². The van der Waals surface area contributed by atoms with Crippen LogP contribution in [0.2, 0.25) is 0 Å². The Hall–Kier alpha value is -2.23. The highest BCUT2D eigenvalue weighted by atomic mass is 19.1. The van der Waals surface area contributed by atoms with E-state index in [1.165, 1.54) is 31.4 Å². The summed E-state index contributed by atoms with van der Waals surface area (Å²) in [5.74, 6) is -1.72. The minimum absolute atomic E-state index is 0.135. The van der Waals surface area contributed by atoms with E-state index in [2.05, 4.69) is 4.74 Å². The van der Waals surface area contributed by atoms with Crippen LogP contribution in [0, 0.1) is 18.6 Å². The predicted molar refractivity (Wildman–Crippen MR) is 67.9 cm³/mol. The lowest BCUT2D eigenvalue weighted by Gasteiger charge is -2.08. The fourth-order valence-corrected chi connectivity index (χ4v) is 1.91. The van der Waals surface area contributed by atoms with Gasteiger partial charge in [-0.1, -0.05) is 12.1 Å². The third-order valence-electron chi connectivity index (χ3n) is 2.87. The molecule has 0 unspecified atom stereocenters. The van der Waals surface area contributed by atoms with E-state index < -0.39 is 11.8 Å². The number of carbonyl (C=O) groups excluding carboxylic acids is 1. The van der Waals surface area contributed by atoms with Crippen molar-refractivity contribution in [2.24, 2.45) is 0 Å². The summed E-state index contributed by atoms with van der Waals surface area (Å²) in [6.45, 7) is 1.75. The van der Waals surface area contributed by atoms with Gasteiger partial charge in [-0.2, -0.15) is 0 Å². The molecule has 0 aliphatic heterocycles. The second kappa shape index (κ2) is 5.18. The Bertz CT molecular complexity index is 636. The second-order valence-corrected chi connectivity index (χ2v) is 4.15. The average molecular weight is 262 g/mol. The molecule has 4 heteroatoms. The van der Waals surface area contributed by atoms with Gasteiger partial charge in [-0.3, -0.25) is 0 Å². The number of esters is 1. The first kappa shape index (κ1) is 13.2. The number of aryl methyl sites for hydroxylation is 1. The summed E-state index contributed by atoms with van der Waals surface area (Å²) in [7, 11) is 1.19. The fraction of sp³-hybridized carbons (Fsp3) is 0.133. The molecular weight excluding hydrogens is 250 g/mol. The summed E-state index contributed by atoms with van der Waals surface area (Å²) in [6.07, 6.45) is 0. The molecule has 98 valence electrons. The summed E-state index contributed by atoms with van der Waals surface area (Å²) in [5.41, 5.74) is 1.96. The maximum Gasteiger partial charge on any atom is 0.340 e. The second-order valence-electron chi connectivity index (χ2n) is 4.15. The summed E-state index contributed by atoms with van der Waals surface area (Å²) in [6, 6.07) is 8.45. The Balaban J connectivity index is 2.54. The van der Waals surface area contributed by atoms with Crippen molar-refractivity contribution in [3.05, 3.63) is 59.2 Å². The molecule has 0 amide bonds. The van der Waals surface area contributed by atoms with Gasteiger partial charge in [0.2, 0.25) is 0 Å². The smallest absolute Gasteiger partial charge is 0.340 e. The topological polar surface area (TPSA) is 26.3 Å². The maximum atomic E-state index is 13.5. The molecule has 0 spiro atoms. The van der Waals surface area contributed by atoms with Crippen molar-refractivity contribution in [3.8, 4) is 11.1 Å². The molecule has 0 saturated heterocycles. The Morgan fingerprint density at radius 3 is 2.47 bits per heavy atom. The number of methoxy groups -OCH3 is 1. The van der Waals surface area contributed by atoms with Gasteiger partial charge in [-0.05, 0) is 47.9 Å². The van der Waals surface area contributed by atoms with E-state index in [0.717, 1.165) is 5.56 Å². The molecule has 0 radical (unpaired) electrons. The number of rotatable bonds is 2. The van der Waals surface area contributed by atoms with Crippen molar-refractivity contribution in [1.82, 2.24) is 0 Å². The first-order chi connectivity index (χ1) is 9.02. The highest BCUT2D eigenvalue weighted by Gasteiger charge is 2.14. The number of halogens is 2. The zero-order valence-corrected chi connectivity index (χ0v) is 10.5. The normalized spacial score (nSPS) is 10.3. The van der Waals surface area contributed by atoms with Crippen LogP contribution in [-0.4, -0.2) is 13.1 Å². The Morgan fingerprint density at radius 1 is 1.11 bits per heavy atom. The summed E-state index contributed by atoms with van der Waals surface area (Å²) >= 11 is 0. The van der Waals surface area contributed by atoms with Gasteiger partial charge >= 0.3 is 5.97 Å². The first-order valence-corrected chi connectivity index (χ1v) is 5.67. The Morgan fingerprint density at radius 2 is 1.84 bits per heavy atom. The molecule has 0 aliphatic rings. The molecule has 0 heterocycles. The number of hydrogen-bond donors (Lipinski definition) is 0. The average Bonchev–Trinajstić information content (AvgIpc) is 2.39. The van der Waals surface area contributed by atoms with Gasteiger partial charge in [0.05, 0.1) is 12.7 Å². The summed E-state index contributed by atoms with van der Waals surface area (Å²) in [5, 5.41) is 0. The van der Waals surface area contributed by atoms with Crippen LogP contribution in [0.3, 0.4) is 0 Å². The van der Waals surface area contributed by atoms with Crippen molar-refractivity contribution in [3.63, 3.8) is 0 Å². The van der Waals surface area contributed by atoms with E-state index >= 15 is 0 Å². The van der Waals surface area contributed by atoms with Crippen LogP contribution in [0.25, 0.3) is 11.1 Å².